The lowest BCUT2D eigenvalue weighted by Crippen LogP contribution is -2.59. The Balaban J connectivity index is 1.43. The number of pyridine rings is 1. The average molecular weight is 351 g/mol. The maximum atomic E-state index is 10.9. The monoisotopic (exact) mass is 351 g/mol. The van der Waals surface area contributed by atoms with Crippen molar-refractivity contribution >= 4 is 16.7 Å². The van der Waals surface area contributed by atoms with Gasteiger partial charge in [-0.1, -0.05) is 5.16 Å². The summed E-state index contributed by atoms with van der Waals surface area (Å²) >= 11 is 0. The summed E-state index contributed by atoms with van der Waals surface area (Å²) in [7, 11) is 0. The zero-order valence-electron chi connectivity index (χ0n) is 14.4. The van der Waals surface area contributed by atoms with Gasteiger partial charge in [0.25, 0.3) is 5.89 Å². The summed E-state index contributed by atoms with van der Waals surface area (Å²) in [5.41, 5.74) is 2.26. The van der Waals surface area contributed by atoms with Crippen LogP contribution >= 0.6 is 0 Å². The molecule has 3 heterocycles. The molecular formula is C19H21N5O2. The standard InChI is InChI=1S/C19H21N5O2/c25-19-5-10-3-11(6-19)15(12(4-10)7-19)24-16-13-1-2-20-17(13)21-8-14(16)18-22-9-23-26-18/h1-2,8-12,15,25H,3-7H2,(H2,20,21,24)/t10?,11?,12?,15-,19+. The molecule has 134 valence electrons. The van der Waals surface area contributed by atoms with E-state index >= 15 is 0 Å². The second kappa shape index (κ2) is 5.07. The Hall–Kier alpha value is -2.41. The van der Waals surface area contributed by atoms with E-state index in [9.17, 15) is 5.11 Å². The fourth-order valence-corrected chi connectivity index (χ4v) is 6.00. The van der Waals surface area contributed by atoms with Gasteiger partial charge in [0.2, 0.25) is 0 Å². The van der Waals surface area contributed by atoms with Crippen LogP contribution in [-0.4, -0.2) is 36.9 Å². The molecule has 4 aliphatic carbocycles. The number of nitrogens with one attached hydrogen (secondary N) is 2. The van der Waals surface area contributed by atoms with Crippen LogP contribution in [0.2, 0.25) is 0 Å². The van der Waals surface area contributed by atoms with Gasteiger partial charge in [0.05, 0.1) is 16.9 Å². The van der Waals surface area contributed by atoms with E-state index in [4.69, 9.17) is 4.52 Å². The van der Waals surface area contributed by atoms with Crippen LogP contribution in [0.3, 0.4) is 0 Å². The summed E-state index contributed by atoms with van der Waals surface area (Å²) in [6.07, 6.45) is 10.4. The fraction of sp³-hybridized carbons (Fsp3) is 0.526. The normalized spacial score (nSPS) is 35.3. The molecule has 2 unspecified atom stereocenters. The van der Waals surface area contributed by atoms with Crippen LogP contribution in [0.5, 0.6) is 0 Å². The molecule has 3 aromatic heterocycles. The predicted molar refractivity (Wildman–Crippen MR) is 95.3 cm³/mol. The van der Waals surface area contributed by atoms with Crippen molar-refractivity contribution in [1.82, 2.24) is 20.1 Å². The minimum Gasteiger partial charge on any atom is -0.390 e. The van der Waals surface area contributed by atoms with Crippen LogP contribution in [0.25, 0.3) is 22.5 Å². The quantitative estimate of drug-likeness (QED) is 0.671. The highest BCUT2D eigenvalue weighted by Gasteiger charge is 2.54. The number of fused-ring (bicyclic) bond motifs is 1. The van der Waals surface area contributed by atoms with Crippen molar-refractivity contribution in [1.29, 1.82) is 0 Å². The highest BCUT2D eigenvalue weighted by Crippen LogP contribution is 2.56. The summed E-state index contributed by atoms with van der Waals surface area (Å²) in [6.45, 7) is 0. The summed E-state index contributed by atoms with van der Waals surface area (Å²) in [5, 5.41) is 19.5. The largest absolute Gasteiger partial charge is 0.390 e. The third-order valence-corrected chi connectivity index (χ3v) is 6.73. The first-order valence-corrected chi connectivity index (χ1v) is 9.41. The Morgan fingerprint density at radius 3 is 2.77 bits per heavy atom. The molecule has 0 radical (unpaired) electrons. The van der Waals surface area contributed by atoms with Crippen LogP contribution in [0.1, 0.15) is 32.1 Å². The topological polar surface area (TPSA) is 99.9 Å². The van der Waals surface area contributed by atoms with E-state index in [1.54, 1.807) is 6.20 Å². The van der Waals surface area contributed by atoms with Gasteiger partial charge in [-0.05, 0) is 55.9 Å². The van der Waals surface area contributed by atoms with E-state index in [0.29, 0.717) is 29.7 Å². The Morgan fingerprint density at radius 2 is 2.04 bits per heavy atom. The van der Waals surface area contributed by atoms with Crippen molar-refractivity contribution in [2.24, 2.45) is 17.8 Å². The third kappa shape index (κ3) is 2.06. The van der Waals surface area contributed by atoms with Gasteiger partial charge in [-0.15, -0.1) is 0 Å². The lowest BCUT2D eigenvalue weighted by atomic mass is 9.52. The van der Waals surface area contributed by atoms with Crippen molar-refractivity contribution in [2.45, 2.75) is 43.7 Å². The Morgan fingerprint density at radius 1 is 1.19 bits per heavy atom. The van der Waals surface area contributed by atoms with Gasteiger partial charge in [0.15, 0.2) is 6.33 Å². The van der Waals surface area contributed by atoms with Crippen LogP contribution in [0.15, 0.2) is 29.3 Å². The summed E-state index contributed by atoms with van der Waals surface area (Å²) in [5.74, 6) is 2.20. The van der Waals surface area contributed by atoms with E-state index in [1.165, 1.54) is 19.2 Å². The van der Waals surface area contributed by atoms with Crippen LogP contribution in [0.4, 0.5) is 5.69 Å². The van der Waals surface area contributed by atoms with Gasteiger partial charge in [0.1, 0.15) is 5.65 Å². The number of hydrogen-bond donors (Lipinski definition) is 3. The van der Waals surface area contributed by atoms with E-state index in [0.717, 1.165) is 41.5 Å². The van der Waals surface area contributed by atoms with Crippen molar-refractivity contribution < 1.29 is 9.63 Å². The van der Waals surface area contributed by atoms with Crippen molar-refractivity contribution in [3.05, 3.63) is 24.8 Å². The van der Waals surface area contributed by atoms with E-state index in [-0.39, 0.29) is 0 Å². The Labute approximate surface area is 150 Å². The molecular weight excluding hydrogens is 330 g/mol. The maximum Gasteiger partial charge on any atom is 0.261 e. The lowest BCUT2D eigenvalue weighted by molar-refractivity contribution is -0.129. The van der Waals surface area contributed by atoms with E-state index in [1.807, 2.05) is 12.3 Å². The molecule has 3 aromatic rings. The van der Waals surface area contributed by atoms with Crippen molar-refractivity contribution in [3.8, 4) is 11.5 Å². The van der Waals surface area contributed by atoms with Crippen molar-refractivity contribution in [3.63, 3.8) is 0 Å². The van der Waals surface area contributed by atoms with Crippen molar-refractivity contribution in [2.75, 3.05) is 5.32 Å². The second-order valence-electron chi connectivity index (χ2n) is 8.40. The molecule has 0 aromatic carbocycles. The minimum absolute atomic E-state index is 0.369. The molecule has 2 atom stereocenters. The van der Waals surface area contributed by atoms with Crippen LogP contribution in [0, 0.1) is 17.8 Å². The molecule has 0 aliphatic heterocycles. The van der Waals surface area contributed by atoms with E-state index < -0.39 is 5.60 Å². The average Bonchev–Trinajstić information content (AvgIpc) is 3.27. The van der Waals surface area contributed by atoms with Gasteiger partial charge in [-0.2, -0.15) is 4.98 Å². The molecule has 26 heavy (non-hydrogen) atoms. The molecule has 0 amide bonds. The molecule has 7 rings (SSSR count). The Bertz CT molecular complexity index is 950. The molecule has 0 spiro atoms. The summed E-state index contributed by atoms with van der Waals surface area (Å²) in [4.78, 5) is 11.9. The maximum absolute atomic E-state index is 10.9. The number of aliphatic hydroxyl groups is 1. The predicted octanol–water partition coefficient (Wildman–Crippen LogP) is 2.96. The number of hydrogen-bond acceptors (Lipinski definition) is 6. The van der Waals surface area contributed by atoms with Gasteiger partial charge >= 0.3 is 0 Å². The molecule has 7 nitrogen and oxygen atoms in total. The molecule has 4 saturated carbocycles. The fourth-order valence-electron chi connectivity index (χ4n) is 6.00. The smallest absolute Gasteiger partial charge is 0.261 e. The number of aromatic nitrogens is 4. The van der Waals surface area contributed by atoms with Gasteiger partial charge < -0.3 is 19.9 Å². The van der Waals surface area contributed by atoms with Gasteiger partial charge in [-0.3, -0.25) is 0 Å². The zero-order valence-corrected chi connectivity index (χ0v) is 14.4. The second-order valence-corrected chi connectivity index (χ2v) is 8.40. The third-order valence-electron chi connectivity index (χ3n) is 6.73. The first-order chi connectivity index (χ1) is 12.7. The number of aromatic amines is 1. The number of anilines is 1. The SMILES string of the molecule is O[C@]12CC3CC(C1)[C@H](Nc1c(-c4ncno4)cnc4[nH]ccc14)C(C3)C2. The molecule has 7 heteroatoms. The number of rotatable bonds is 3. The molecule has 4 bridgehead atoms. The first-order valence-electron chi connectivity index (χ1n) is 9.41. The van der Waals surface area contributed by atoms with Gasteiger partial charge in [0, 0.05) is 23.8 Å². The highest BCUT2D eigenvalue weighted by atomic mass is 16.5. The first kappa shape index (κ1) is 14.7. The molecule has 0 saturated heterocycles. The summed E-state index contributed by atoms with van der Waals surface area (Å²) in [6, 6.07) is 2.41. The van der Waals surface area contributed by atoms with Gasteiger partial charge in [-0.25, -0.2) is 4.98 Å². The Kier molecular flexibility index (Phi) is 2.87. The summed E-state index contributed by atoms with van der Waals surface area (Å²) < 4.78 is 5.32. The van der Waals surface area contributed by atoms with Crippen LogP contribution in [-0.2, 0) is 0 Å². The number of H-pyrrole nitrogens is 1. The molecule has 4 aliphatic rings. The molecule has 3 N–H and O–H groups in total. The highest BCUT2D eigenvalue weighted by molar-refractivity contribution is 5.97. The molecule has 4 fully saturated rings. The minimum atomic E-state index is -0.425. The lowest BCUT2D eigenvalue weighted by Gasteiger charge is -2.58. The van der Waals surface area contributed by atoms with Crippen LogP contribution < -0.4 is 5.32 Å². The van der Waals surface area contributed by atoms with E-state index in [2.05, 4.69) is 25.4 Å². The number of nitrogens with zero attached hydrogens (tertiary/aromatic N) is 3. The zero-order chi connectivity index (χ0) is 17.3.